The maximum atomic E-state index is 13.3. The topological polar surface area (TPSA) is 97.8 Å². The number of imide groups is 1. The second-order valence-corrected chi connectivity index (χ2v) is 8.73. The van der Waals surface area contributed by atoms with E-state index in [-0.39, 0.29) is 5.69 Å². The number of alkyl halides is 3. The van der Waals surface area contributed by atoms with E-state index in [4.69, 9.17) is 9.47 Å². The summed E-state index contributed by atoms with van der Waals surface area (Å²) in [5.41, 5.74) is 1.15. The monoisotopic (exact) mass is 537 g/mol. The zero-order valence-electron chi connectivity index (χ0n) is 21.1. The van der Waals surface area contributed by atoms with Crippen LogP contribution in [0.4, 0.5) is 29.3 Å². The van der Waals surface area contributed by atoms with E-state index in [0.717, 1.165) is 27.6 Å². The van der Waals surface area contributed by atoms with Crippen molar-refractivity contribution in [3.8, 4) is 17.4 Å². The average molecular weight is 537 g/mol. The number of amides is 3. The van der Waals surface area contributed by atoms with Crippen LogP contribution in [0.25, 0.3) is 10.9 Å². The summed E-state index contributed by atoms with van der Waals surface area (Å²) >= 11 is 0. The fraction of sp³-hybridized carbons (Fsp3) is 0.222. The number of hydrogen-bond acceptors (Lipinski definition) is 7. The van der Waals surface area contributed by atoms with Gasteiger partial charge in [0.25, 0.3) is 5.91 Å². The number of carbonyl (C=O) groups excluding carboxylic acids is 2. The lowest BCUT2D eigenvalue weighted by Gasteiger charge is -2.22. The van der Waals surface area contributed by atoms with Crippen molar-refractivity contribution < 1.29 is 32.2 Å². The van der Waals surface area contributed by atoms with Crippen molar-refractivity contribution in [2.45, 2.75) is 26.4 Å². The van der Waals surface area contributed by atoms with Crippen molar-refractivity contribution >= 4 is 34.2 Å². The van der Waals surface area contributed by atoms with Crippen molar-refractivity contribution in [1.82, 2.24) is 15.0 Å². The summed E-state index contributed by atoms with van der Waals surface area (Å²) in [5.74, 6) is 0.858. The van der Waals surface area contributed by atoms with Crippen LogP contribution in [0.15, 0.2) is 55.1 Å². The first kappa shape index (κ1) is 25.9. The number of pyridine rings is 1. The predicted octanol–water partition coefficient (Wildman–Crippen LogP) is 5.69. The van der Waals surface area contributed by atoms with Crippen LogP contribution in [0.5, 0.6) is 17.4 Å². The number of nitrogens with zero attached hydrogens (tertiary/aromatic N) is 5. The van der Waals surface area contributed by atoms with Gasteiger partial charge in [-0.25, -0.2) is 19.7 Å². The van der Waals surface area contributed by atoms with Gasteiger partial charge in [0.05, 0.1) is 41.1 Å². The van der Waals surface area contributed by atoms with Gasteiger partial charge < -0.3 is 9.47 Å². The molecule has 9 nitrogen and oxygen atoms in total. The SMILES string of the molecule is CCc1c(Oc2ncnc3cc(OC)ccc23)ccc(N2C(=O)CN(c3cncc(C(F)(F)F)c3)C2=O)c1C. The molecule has 4 aromatic rings. The average Bonchev–Trinajstić information content (AvgIpc) is 3.22. The zero-order chi connectivity index (χ0) is 27.9. The van der Waals surface area contributed by atoms with Crippen molar-refractivity contribution in [1.29, 1.82) is 0 Å². The van der Waals surface area contributed by atoms with Gasteiger partial charge >= 0.3 is 12.2 Å². The Morgan fingerprint density at radius 1 is 1.05 bits per heavy atom. The molecule has 2 aromatic carbocycles. The highest BCUT2D eigenvalue weighted by atomic mass is 19.4. The van der Waals surface area contributed by atoms with Gasteiger partial charge in [0, 0.05) is 12.3 Å². The molecule has 0 saturated carbocycles. The van der Waals surface area contributed by atoms with Gasteiger partial charge in [0.1, 0.15) is 24.4 Å². The van der Waals surface area contributed by atoms with Gasteiger partial charge in [-0.2, -0.15) is 13.2 Å². The molecule has 0 radical (unpaired) electrons. The predicted molar refractivity (Wildman–Crippen MR) is 136 cm³/mol. The Balaban J connectivity index is 1.48. The smallest absolute Gasteiger partial charge is 0.417 e. The molecule has 0 spiro atoms. The Labute approximate surface area is 220 Å². The summed E-state index contributed by atoms with van der Waals surface area (Å²) in [6.45, 7) is 3.23. The molecule has 1 saturated heterocycles. The molecule has 0 N–H and O–H groups in total. The Bertz CT molecular complexity index is 1610. The lowest BCUT2D eigenvalue weighted by molar-refractivity contribution is -0.137. The lowest BCUT2D eigenvalue weighted by atomic mass is 10.0. The maximum Gasteiger partial charge on any atom is 0.417 e. The molecule has 1 aliphatic heterocycles. The van der Waals surface area contributed by atoms with Crippen LogP contribution in [-0.4, -0.2) is 40.5 Å². The summed E-state index contributed by atoms with van der Waals surface area (Å²) in [6, 6.07) is 8.54. The minimum absolute atomic E-state index is 0.119. The number of benzene rings is 2. The highest BCUT2D eigenvalue weighted by Gasteiger charge is 2.40. The normalized spacial score (nSPS) is 13.9. The number of rotatable bonds is 6. The van der Waals surface area contributed by atoms with Gasteiger partial charge in [-0.3, -0.25) is 14.7 Å². The van der Waals surface area contributed by atoms with E-state index in [0.29, 0.717) is 52.2 Å². The molecule has 12 heteroatoms. The van der Waals surface area contributed by atoms with E-state index in [9.17, 15) is 22.8 Å². The van der Waals surface area contributed by atoms with E-state index >= 15 is 0 Å². The zero-order valence-corrected chi connectivity index (χ0v) is 21.1. The summed E-state index contributed by atoms with van der Waals surface area (Å²) in [6.07, 6.45) is -0.977. The molecular formula is C27H22F3N5O4. The molecule has 1 fully saturated rings. The highest BCUT2D eigenvalue weighted by Crippen LogP contribution is 2.38. The van der Waals surface area contributed by atoms with Gasteiger partial charge in [-0.15, -0.1) is 0 Å². The minimum Gasteiger partial charge on any atom is -0.497 e. The van der Waals surface area contributed by atoms with Gasteiger partial charge in [-0.05, 0) is 54.8 Å². The van der Waals surface area contributed by atoms with Gasteiger partial charge in [0.2, 0.25) is 5.88 Å². The van der Waals surface area contributed by atoms with Crippen molar-refractivity contribution in [3.05, 3.63) is 71.8 Å². The summed E-state index contributed by atoms with van der Waals surface area (Å²) < 4.78 is 50.9. The van der Waals surface area contributed by atoms with E-state index < -0.39 is 30.2 Å². The fourth-order valence-corrected chi connectivity index (χ4v) is 4.49. The van der Waals surface area contributed by atoms with Crippen LogP contribution in [-0.2, 0) is 17.4 Å². The molecule has 2 aromatic heterocycles. The first-order valence-electron chi connectivity index (χ1n) is 11.9. The van der Waals surface area contributed by atoms with E-state index in [1.807, 2.05) is 6.92 Å². The van der Waals surface area contributed by atoms with E-state index in [1.165, 1.54) is 6.33 Å². The number of carbonyl (C=O) groups is 2. The second-order valence-electron chi connectivity index (χ2n) is 8.73. The molecule has 39 heavy (non-hydrogen) atoms. The Morgan fingerprint density at radius 3 is 2.56 bits per heavy atom. The molecule has 5 rings (SSSR count). The first-order chi connectivity index (χ1) is 18.6. The molecule has 3 amide bonds. The van der Waals surface area contributed by atoms with Crippen LogP contribution in [0.3, 0.4) is 0 Å². The Kier molecular flexibility index (Phi) is 6.54. The quantitative estimate of drug-likeness (QED) is 0.292. The number of hydrogen-bond donors (Lipinski definition) is 0. The summed E-state index contributed by atoms with van der Waals surface area (Å²) in [4.78, 5) is 40.3. The van der Waals surface area contributed by atoms with E-state index in [1.54, 1.807) is 44.4 Å². The molecular weight excluding hydrogens is 515 g/mol. The van der Waals surface area contributed by atoms with Gasteiger partial charge in [0.15, 0.2) is 0 Å². The number of halogens is 3. The van der Waals surface area contributed by atoms with Crippen LogP contribution in [0.1, 0.15) is 23.6 Å². The van der Waals surface area contributed by atoms with Crippen molar-refractivity contribution in [3.63, 3.8) is 0 Å². The standard InChI is InChI=1S/C27H22F3N5O4/c1-4-19-15(2)22(7-8-23(19)39-25-20-6-5-18(38-3)10-21(20)32-14-33-25)35-24(36)13-34(26(35)37)17-9-16(11-31-12-17)27(28,29)30/h5-12,14H,4,13H2,1-3H3. The third-order valence-electron chi connectivity index (χ3n) is 6.46. The largest absolute Gasteiger partial charge is 0.497 e. The van der Waals surface area contributed by atoms with Crippen molar-refractivity contribution in [2.75, 3.05) is 23.5 Å². The molecule has 0 unspecified atom stereocenters. The van der Waals surface area contributed by atoms with Crippen LogP contribution in [0.2, 0.25) is 0 Å². The number of urea groups is 1. The number of methoxy groups -OCH3 is 1. The lowest BCUT2D eigenvalue weighted by Crippen LogP contribution is -2.33. The van der Waals surface area contributed by atoms with Crippen LogP contribution < -0.4 is 19.3 Å². The molecule has 0 bridgehead atoms. The highest BCUT2D eigenvalue weighted by molar-refractivity contribution is 6.27. The number of ether oxygens (including phenoxy) is 2. The minimum atomic E-state index is -4.64. The molecule has 0 aliphatic carbocycles. The number of anilines is 2. The maximum absolute atomic E-state index is 13.3. The van der Waals surface area contributed by atoms with Crippen molar-refractivity contribution in [2.24, 2.45) is 0 Å². The summed E-state index contributed by atoms with van der Waals surface area (Å²) in [7, 11) is 1.56. The first-order valence-corrected chi connectivity index (χ1v) is 11.9. The molecule has 0 atom stereocenters. The fourth-order valence-electron chi connectivity index (χ4n) is 4.49. The Morgan fingerprint density at radius 2 is 1.85 bits per heavy atom. The van der Waals surface area contributed by atoms with Crippen LogP contribution >= 0.6 is 0 Å². The Hall–Kier alpha value is -4.74. The second kappa shape index (κ2) is 9.86. The molecule has 1 aliphatic rings. The van der Waals surface area contributed by atoms with Crippen LogP contribution in [0, 0.1) is 6.92 Å². The van der Waals surface area contributed by atoms with E-state index in [2.05, 4.69) is 15.0 Å². The van der Waals surface area contributed by atoms with Gasteiger partial charge in [-0.1, -0.05) is 6.92 Å². The third kappa shape index (κ3) is 4.69. The molecule has 3 heterocycles. The number of fused-ring (bicyclic) bond motifs is 1. The third-order valence-corrected chi connectivity index (χ3v) is 6.46. The summed E-state index contributed by atoms with van der Waals surface area (Å²) in [5, 5.41) is 0.664. The number of aromatic nitrogens is 3. The molecule has 200 valence electrons.